The Bertz CT molecular complexity index is 814. The summed E-state index contributed by atoms with van der Waals surface area (Å²) < 4.78 is 45.3. The Morgan fingerprint density at radius 3 is 2.67 bits per heavy atom. The molecule has 11 heteroatoms. The van der Waals surface area contributed by atoms with Gasteiger partial charge in [-0.05, 0) is 0 Å². The van der Waals surface area contributed by atoms with Gasteiger partial charge in [0.25, 0.3) is 0 Å². The van der Waals surface area contributed by atoms with Crippen LogP contribution < -0.4 is 16.0 Å². The highest BCUT2D eigenvalue weighted by atomic mass is 19.4. The SMILES string of the molecule is N#Cc1cnc(Nc2cc(NCC3CNCCO3)c(C(F)(F)F)cn2)cn1. The molecular formula is C16H16F3N7O. The number of rotatable bonds is 5. The van der Waals surface area contributed by atoms with Crippen molar-refractivity contribution in [1.29, 1.82) is 5.26 Å². The maximum atomic E-state index is 13.3. The molecule has 1 aliphatic rings. The van der Waals surface area contributed by atoms with Crippen LogP contribution in [0, 0.1) is 11.3 Å². The molecule has 27 heavy (non-hydrogen) atoms. The lowest BCUT2D eigenvalue weighted by Gasteiger charge is -2.25. The van der Waals surface area contributed by atoms with Crippen LogP contribution in [0.3, 0.4) is 0 Å². The minimum atomic E-state index is -4.55. The predicted molar refractivity (Wildman–Crippen MR) is 90.4 cm³/mol. The average molecular weight is 379 g/mol. The van der Waals surface area contributed by atoms with Crippen LogP contribution in [0.15, 0.2) is 24.7 Å². The number of anilines is 3. The fraction of sp³-hybridized carbons (Fsp3) is 0.375. The summed E-state index contributed by atoms with van der Waals surface area (Å²) in [6, 6.07) is 3.08. The molecule has 0 amide bonds. The smallest absolute Gasteiger partial charge is 0.382 e. The van der Waals surface area contributed by atoms with E-state index in [0.29, 0.717) is 13.2 Å². The van der Waals surface area contributed by atoms with Gasteiger partial charge in [-0.15, -0.1) is 0 Å². The molecule has 3 rings (SSSR count). The Balaban J connectivity index is 1.77. The van der Waals surface area contributed by atoms with Crippen molar-refractivity contribution in [2.45, 2.75) is 12.3 Å². The number of halogens is 3. The minimum absolute atomic E-state index is 0.115. The molecule has 3 N–H and O–H groups in total. The van der Waals surface area contributed by atoms with Crippen LogP contribution in [-0.4, -0.2) is 47.3 Å². The predicted octanol–water partition coefficient (Wildman–Crippen LogP) is 1.91. The molecule has 1 atom stereocenters. The second-order valence-electron chi connectivity index (χ2n) is 5.71. The van der Waals surface area contributed by atoms with Gasteiger partial charge in [0, 0.05) is 31.9 Å². The van der Waals surface area contributed by atoms with E-state index in [2.05, 4.69) is 30.9 Å². The lowest BCUT2D eigenvalue weighted by atomic mass is 10.2. The number of ether oxygens (including phenoxy) is 1. The van der Waals surface area contributed by atoms with E-state index in [4.69, 9.17) is 10.00 Å². The zero-order valence-electron chi connectivity index (χ0n) is 14.0. The molecule has 3 heterocycles. The number of nitrogens with one attached hydrogen (secondary N) is 3. The zero-order chi connectivity index (χ0) is 19.3. The number of nitrogens with zero attached hydrogens (tertiary/aromatic N) is 4. The number of pyridine rings is 1. The molecule has 0 radical (unpaired) electrons. The Morgan fingerprint density at radius 2 is 2.04 bits per heavy atom. The average Bonchev–Trinajstić information content (AvgIpc) is 2.67. The first-order chi connectivity index (χ1) is 13.0. The van der Waals surface area contributed by atoms with Crippen LogP contribution in [0.1, 0.15) is 11.3 Å². The van der Waals surface area contributed by atoms with E-state index in [-0.39, 0.29) is 35.7 Å². The van der Waals surface area contributed by atoms with Crippen LogP contribution in [0.5, 0.6) is 0 Å². The maximum absolute atomic E-state index is 13.3. The summed E-state index contributed by atoms with van der Waals surface area (Å²) >= 11 is 0. The lowest BCUT2D eigenvalue weighted by molar-refractivity contribution is -0.137. The van der Waals surface area contributed by atoms with Crippen molar-refractivity contribution in [3.63, 3.8) is 0 Å². The molecule has 1 fully saturated rings. The first kappa shape index (κ1) is 18.8. The monoisotopic (exact) mass is 379 g/mol. The number of alkyl halides is 3. The fourth-order valence-electron chi connectivity index (χ4n) is 2.45. The molecule has 142 valence electrons. The number of hydrogen-bond acceptors (Lipinski definition) is 8. The van der Waals surface area contributed by atoms with E-state index < -0.39 is 11.7 Å². The molecule has 8 nitrogen and oxygen atoms in total. The third kappa shape index (κ3) is 5.02. The van der Waals surface area contributed by atoms with Crippen molar-refractivity contribution in [2.24, 2.45) is 0 Å². The summed E-state index contributed by atoms with van der Waals surface area (Å²) in [5, 5.41) is 17.4. The Kier molecular flexibility index (Phi) is 5.68. The van der Waals surface area contributed by atoms with Gasteiger partial charge in [-0.1, -0.05) is 0 Å². The van der Waals surface area contributed by atoms with Crippen LogP contribution in [0.4, 0.5) is 30.5 Å². The molecule has 0 spiro atoms. The largest absolute Gasteiger partial charge is 0.419 e. The van der Waals surface area contributed by atoms with Crippen molar-refractivity contribution in [3.05, 3.63) is 35.9 Å². The number of nitriles is 1. The first-order valence-corrected chi connectivity index (χ1v) is 8.08. The highest BCUT2D eigenvalue weighted by molar-refractivity contribution is 5.62. The van der Waals surface area contributed by atoms with Crippen LogP contribution >= 0.6 is 0 Å². The van der Waals surface area contributed by atoms with Gasteiger partial charge in [0.15, 0.2) is 5.69 Å². The Hall–Kier alpha value is -2.97. The van der Waals surface area contributed by atoms with Gasteiger partial charge < -0.3 is 20.7 Å². The van der Waals surface area contributed by atoms with Crippen molar-refractivity contribution in [2.75, 3.05) is 36.9 Å². The van der Waals surface area contributed by atoms with Crippen molar-refractivity contribution in [1.82, 2.24) is 20.3 Å². The van der Waals surface area contributed by atoms with Crippen molar-refractivity contribution >= 4 is 17.3 Å². The van der Waals surface area contributed by atoms with E-state index in [1.54, 1.807) is 0 Å². The number of morpholine rings is 1. The van der Waals surface area contributed by atoms with Crippen LogP contribution in [-0.2, 0) is 10.9 Å². The quantitative estimate of drug-likeness (QED) is 0.723. The van der Waals surface area contributed by atoms with Crippen LogP contribution in [0.2, 0.25) is 0 Å². The zero-order valence-corrected chi connectivity index (χ0v) is 14.0. The van der Waals surface area contributed by atoms with Gasteiger partial charge in [-0.3, -0.25) is 0 Å². The summed E-state index contributed by atoms with van der Waals surface area (Å²) in [4.78, 5) is 11.6. The third-order valence-corrected chi connectivity index (χ3v) is 3.76. The number of hydrogen-bond donors (Lipinski definition) is 3. The minimum Gasteiger partial charge on any atom is -0.382 e. The van der Waals surface area contributed by atoms with Crippen molar-refractivity contribution < 1.29 is 17.9 Å². The van der Waals surface area contributed by atoms with Crippen molar-refractivity contribution in [3.8, 4) is 6.07 Å². The summed E-state index contributed by atoms with van der Waals surface area (Å²) in [5.74, 6) is 0.416. The van der Waals surface area contributed by atoms with Gasteiger partial charge in [-0.25, -0.2) is 15.0 Å². The van der Waals surface area contributed by atoms with E-state index in [1.165, 1.54) is 18.5 Å². The third-order valence-electron chi connectivity index (χ3n) is 3.76. The molecule has 1 unspecified atom stereocenters. The Morgan fingerprint density at radius 1 is 1.22 bits per heavy atom. The molecule has 1 saturated heterocycles. The van der Waals surface area contributed by atoms with Gasteiger partial charge in [0.05, 0.1) is 36.4 Å². The highest BCUT2D eigenvalue weighted by Gasteiger charge is 2.34. The molecule has 0 aromatic carbocycles. The van der Waals surface area contributed by atoms with E-state index in [1.807, 2.05) is 6.07 Å². The molecule has 2 aromatic heterocycles. The summed E-state index contributed by atoms with van der Waals surface area (Å²) in [7, 11) is 0. The van der Waals surface area contributed by atoms with E-state index in [0.717, 1.165) is 12.7 Å². The maximum Gasteiger partial charge on any atom is 0.419 e. The van der Waals surface area contributed by atoms with E-state index in [9.17, 15) is 13.2 Å². The van der Waals surface area contributed by atoms with E-state index >= 15 is 0 Å². The molecule has 0 aliphatic carbocycles. The molecule has 2 aromatic rings. The Labute approximate surface area is 152 Å². The summed E-state index contributed by atoms with van der Waals surface area (Å²) in [6.45, 7) is 2.01. The second-order valence-corrected chi connectivity index (χ2v) is 5.71. The highest BCUT2D eigenvalue weighted by Crippen LogP contribution is 2.35. The summed E-state index contributed by atoms with van der Waals surface area (Å²) in [6.07, 6.45) is -1.48. The summed E-state index contributed by atoms with van der Waals surface area (Å²) in [5.41, 5.74) is -0.858. The van der Waals surface area contributed by atoms with Gasteiger partial charge in [0.2, 0.25) is 0 Å². The topological polar surface area (TPSA) is 108 Å². The molecule has 0 saturated carbocycles. The lowest BCUT2D eigenvalue weighted by Crippen LogP contribution is -2.42. The van der Waals surface area contributed by atoms with Gasteiger partial charge >= 0.3 is 6.18 Å². The molecule has 1 aliphatic heterocycles. The van der Waals surface area contributed by atoms with Gasteiger partial charge in [0.1, 0.15) is 17.7 Å². The van der Waals surface area contributed by atoms with Gasteiger partial charge in [-0.2, -0.15) is 18.4 Å². The second kappa shape index (κ2) is 8.15. The van der Waals surface area contributed by atoms with Crippen LogP contribution in [0.25, 0.3) is 0 Å². The molecular weight excluding hydrogens is 363 g/mol. The standard InChI is InChI=1S/C16H16F3N7O/c17-16(18,19)12-8-25-14(26-15-9-22-10(4-20)5-24-15)3-13(12)23-7-11-6-21-1-2-27-11/h3,5,8-9,11,21H,1-2,6-7H2,(H2,23,24,25,26). The molecule has 0 bridgehead atoms. The fourth-order valence-corrected chi connectivity index (χ4v) is 2.45. The number of aromatic nitrogens is 3. The first-order valence-electron chi connectivity index (χ1n) is 8.08. The normalized spacial score (nSPS) is 17.2.